The minimum atomic E-state index is -2.09. The number of aliphatic hydroxyl groups excluding tert-OH is 1. The van der Waals surface area contributed by atoms with Crippen molar-refractivity contribution >= 4 is 11.7 Å². The van der Waals surface area contributed by atoms with Crippen molar-refractivity contribution in [1.82, 2.24) is 0 Å². The standard InChI is InChI=1S/C27H27NO7/c1-32-18-11-9-16(10-12-18)27-22(15-7-5-4-6-8-15)21(25(30)34-3)24(29)26(27,31)23-19(33-2)13-17(28)14-20(23)35-27/h4-14,21-22,24,29,31H,28H2,1-3H3/t21-,22-,24-,26+,27+/m1/s1. The number of carbonyl (C=O) groups is 1. The van der Waals surface area contributed by atoms with Crippen molar-refractivity contribution in [2.24, 2.45) is 5.92 Å². The number of esters is 1. The summed E-state index contributed by atoms with van der Waals surface area (Å²) in [6.07, 6.45) is -1.60. The summed E-state index contributed by atoms with van der Waals surface area (Å²) < 4.78 is 22.7. The molecule has 4 N–H and O–H groups in total. The number of methoxy groups -OCH3 is 3. The van der Waals surface area contributed by atoms with Crippen LogP contribution in [0.15, 0.2) is 66.7 Å². The molecule has 1 saturated carbocycles. The van der Waals surface area contributed by atoms with Gasteiger partial charge in [-0.05, 0) is 23.3 Å². The highest BCUT2D eigenvalue weighted by Gasteiger charge is 2.78. The second-order valence-corrected chi connectivity index (χ2v) is 8.81. The first-order valence-corrected chi connectivity index (χ1v) is 11.2. The molecule has 5 atom stereocenters. The van der Waals surface area contributed by atoms with Crippen molar-refractivity contribution in [3.8, 4) is 17.2 Å². The molecule has 1 heterocycles. The largest absolute Gasteiger partial charge is 0.497 e. The number of rotatable bonds is 5. The second kappa shape index (κ2) is 8.18. The molecule has 1 fully saturated rings. The van der Waals surface area contributed by atoms with Gasteiger partial charge in [0, 0.05) is 23.7 Å². The summed E-state index contributed by atoms with van der Waals surface area (Å²) in [5.41, 5.74) is 4.21. The van der Waals surface area contributed by atoms with Gasteiger partial charge in [0.15, 0.2) is 11.2 Å². The quantitative estimate of drug-likeness (QED) is 0.379. The van der Waals surface area contributed by atoms with Gasteiger partial charge in [0.1, 0.15) is 23.4 Å². The van der Waals surface area contributed by atoms with Crippen molar-refractivity contribution in [3.05, 3.63) is 83.4 Å². The predicted octanol–water partition coefficient (Wildman–Crippen LogP) is 2.71. The maximum atomic E-state index is 13.2. The van der Waals surface area contributed by atoms with Gasteiger partial charge in [0.05, 0.1) is 32.8 Å². The minimum absolute atomic E-state index is 0.227. The lowest BCUT2D eigenvalue weighted by Crippen LogP contribution is -2.52. The number of nitrogens with two attached hydrogens (primary N) is 1. The number of anilines is 1. The Hall–Kier alpha value is -3.75. The van der Waals surface area contributed by atoms with Gasteiger partial charge < -0.3 is 34.9 Å². The van der Waals surface area contributed by atoms with E-state index in [1.807, 2.05) is 30.3 Å². The summed E-state index contributed by atoms with van der Waals surface area (Å²) in [7, 11) is 4.25. The minimum Gasteiger partial charge on any atom is -0.497 e. The number of hydrogen-bond acceptors (Lipinski definition) is 8. The number of fused-ring (bicyclic) bond motifs is 3. The molecule has 3 aromatic carbocycles. The van der Waals surface area contributed by atoms with Crippen LogP contribution in [0.5, 0.6) is 17.2 Å². The van der Waals surface area contributed by atoms with Crippen LogP contribution < -0.4 is 19.9 Å². The Kier molecular flexibility index (Phi) is 5.38. The number of carbonyl (C=O) groups excluding carboxylic acids is 1. The molecule has 1 aliphatic carbocycles. The molecule has 2 aliphatic rings. The highest BCUT2D eigenvalue weighted by atomic mass is 16.5. The number of aliphatic hydroxyl groups is 2. The average Bonchev–Trinajstić information content (AvgIpc) is 3.26. The first-order chi connectivity index (χ1) is 16.8. The van der Waals surface area contributed by atoms with E-state index in [4.69, 9.17) is 24.7 Å². The Labute approximate surface area is 202 Å². The van der Waals surface area contributed by atoms with Gasteiger partial charge in [-0.2, -0.15) is 0 Å². The maximum Gasteiger partial charge on any atom is 0.312 e. The summed E-state index contributed by atoms with van der Waals surface area (Å²) in [5, 5.41) is 24.4. The molecule has 0 spiro atoms. The molecule has 8 heteroatoms. The van der Waals surface area contributed by atoms with E-state index in [0.29, 0.717) is 22.6 Å². The Morgan fingerprint density at radius 2 is 1.69 bits per heavy atom. The lowest BCUT2D eigenvalue weighted by Gasteiger charge is -2.40. The molecule has 5 rings (SSSR count). The van der Waals surface area contributed by atoms with Crippen LogP contribution >= 0.6 is 0 Å². The summed E-state index contributed by atoms with van der Waals surface area (Å²) in [6, 6.07) is 19.3. The molecule has 0 unspecified atom stereocenters. The molecule has 182 valence electrons. The molecule has 35 heavy (non-hydrogen) atoms. The van der Waals surface area contributed by atoms with Crippen LogP contribution in [0.2, 0.25) is 0 Å². The van der Waals surface area contributed by atoms with Crippen molar-refractivity contribution in [2.75, 3.05) is 27.1 Å². The summed E-state index contributed by atoms with van der Waals surface area (Å²) in [4.78, 5) is 13.2. The number of hydrogen-bond donors (Lipinski definition) is 3. The van der Waals surface area contributed by atoms with Gasteiger partial charge in [0.25, 0.3) is 0 Å². The second-order valence-electron chi connectivity index (χ2n) is 8.81. The van der Waals surface area contributed by atoms with E-state index in [1.165, 1.54) is 14.2 Å². The normalized spacial score (nSPS) is 28.5. The molecular formula is C27H27NO7. The highest BCUT2D eigenvalue weighted by Crippen LogP contribution is 2.70. The van der Waals surface area contributed by atoms with E-state index in [2.05, 4.69) is 0 Å². The number of benzene rings is 3. The molecule has 3 aromatic rings. The van der Waals surface area contributed by atoms with Gasteiger partial charge in [0.2, 0.25) is 0 Å². The van der Waals surface area contributed by atoms with E-state index < -0.39 is 35.1 Å². The van der Waals surface area contributed by atoms with Crippen LogP contribution in [0, 0.1) is 5.92 Å². The van der Waals surface area contributed by atoms with Crippen molar-refractivity contribution in [3.63, 3.8) is 0 Å². The third-order valence-electron chi connectivity index (χ3n) is 7.24. The van der Waals surface area contributed by atoms with Crippen molar-refractivity contribution < 1.29 is 34.0 Å². The van der Waals surface area contributed by atoms with E-state index in [1.54, 1.807) is 43.5 Å². The highest BCUT2D eigenvalue weighted by molar-refractivity contribution is 5.78. The predicted molar refractivity (Wildman–Crippen MR) is 127 cm³/mol. The SMILES string of the molecule is COC(=O)[C@H]1[C@@H](O)[C@@]2(O)c3c(OC)cc(N)cc3O[C@@]2(c2ccc(OC)cc2)[C@@H]1c1ccccc1. The molecule has 0 amide bonds. The van der Waals surface area contributed by atoms with E-state index in [0.717, 1.165) is 0 Å². The van der Waals surface area contributed by atoms with Crippen LogP contribution in [0.25, 0.3) is 0 Å². The fraction of sp³-hybridized carbons (Fsp3) is 0.296. The van der Waals surface area contributed by atoms with Gasteiger partial charge >= 0.3 is 5.97 Å². The van der Waals surface area contributed by atoms with Crippen molar-refractivity contribution in [1.29, 1.82) is 0 Å². The van der Waals surface area contributed by atoms with E-state index in [-0.39, 0.29) is 17.1 Å². The first-order valence-electron chi connectivity index (χ1n) is 11.2. The zero-order valence-electron chi connectivity index (χ0n) is 19.6. The van der Waals surface area contributed by atoms with Crippen LogP contribution in [0.1, 0.15) is 22.6 Å². The summed E-state index contributed by atoms with van der Waals surface area (Å²) in [5.74, 6) is -1.53. The third kappa shape index (κ3) is 2.96. The van der Waals surface area contributed by atoms with Crippen LogP contribution in [-0.2, 0) is 20.7 Å². The van der Waals surface area contributed by atoms with E-state index in [9.17, 15) is 15.0 Å². The Morgan fingerprint density at radius 3 is 2.29 bits per heavy atom. The van der Waals surface area contributed by atoms with E-state index >= 15 is 0 Å². The van der Waals surface area contributed by atoms with Gasteiger partial charge in [-0.3, -0.25) is 4.79 Å². The zero-order valence-corrected chi connectivity index (χ0v) is 19.6. The number of ether oxygens (including phenoxy) is 4. The maximum absolute atomic E-state index is 13.2. The first kappa shape index (κ1) is 23.0. The van der Waals surface area contributed by atoms with Crippen LogP contribution in [0.3, 0.4) is 0 Å². The van der Waals surface area contributed by atoms with Crippen LogP contribution in [-0.4, -0.2) is 43.6 Å². The Bertz CT molecular complexity index is 1260. The van der Waals surface area contributed by atoms with Gasteiger partial charge in [-0.15, -0.1) is 0 Å². The lowest BCUT2D eigenvalue weighted by atomic mass is 9.70. The fourth-order valence-electron chi connectivity index (χ4n) is 5.83. The Morgan fingerprint density at radius 1 is 1.00 bits per heavy atom. The molecule has 0 aromatic heterocycles. The molecule has 0 bridgehead atoms. The zero-order chi connectivity index (χ0) is 25.0. The van der Waals surface area contributed by atoms with Crippen molar-refractivity contribution in [2.45, 2.75) is 23.2 Å². The van der Waals surface area contributed by atoms with Gasteiger partial charge in [-0.1, -0.05) is 42.5 Å². The smallest absolute Gasteiger partial charge is 0.312 e. The molecular weight excluding hydrogens is 450 g/mol. The van der Waals surface area contributed by atoms with Gasteiger partial charge in [-0.25, -0.2) is 0 Å². The molecule has 8 nitrogen and oxygen atoms in total. The summed E-state index contributed by atoms with van der Waals surface area (Å²) in [6.45, 7) is 0. The molecule has 0 radical (unpaired) electrons. The topological polar surface area (TPSA) is 120 Å². The monoisotopic (exact) mass is 477 g/mol. The summed E-state index contributed by atoms with van der Waals surface area (Å²) >= 11 is 0. The average molecular weight is 478 g/mol. The fourth-order valence-corrected chi connectivity index (χ4v) is 5.83. The molecule has 1 aliphatic heterocycles. The Balaban J connectivity index is 1.88. The lowest BCUT2D eigenvalue weighted by molar-refractivity contribution is -0.161. The number of nitrogen functional groups attached to an aromatic ring is 1. The van der Waals surface area contributed by atoms with Crippen LogP contribution in [0.4, 0.5) is 5.69 Å². The third-order valence-corrected chi connectivity index (χ3v) is 7.24. The molecule has 0 saturated heterocycles.